The van der Waals surface area contributed by atoms with E-state index >= 15 is 0 Å². The summed E-state index contributed by atoms with van der Waals surface area (Å²) in [5, 5.41) is 0. The van der Waals surface area contributed by atoms with Crippen molar-refractivity contribution in [1.29, 1.82) is 0 Å². The molecule has 130 valence electrons. The summed E-state index contributed by atoms with van der Waals surface area (Å²) >= 11 is 0. The summed E-state index contributed by atoms with van der Waals surface area (Å²) in [6.45, 7) is 3.93. The van der Waals surface area contributed by atoms with Crippen LogP contribution in [0.15, 0.2) is 41.3 Å². The summed E-state index contributed by atoms with van der Waals surface area (Å²) in [4.78, 5) is 23.3. The van der Waals surface area contributed by atoms with Gasteiger partial charge in [-0.1, -0.05) is 0 Å². The van der Waals surface area contributed by atoms with Crippen LogP contribution in [0.1, 0.15) is 19.4 Å². The molecule has 1 aliphatic heterocycles. The number of nitrogens with zero attached hydrogens (tertiary/aromatic N) is 4. The van der Waals surface area contributed by atoms with Gasteiger partial charge in [-0.15, -0.1) is 0 Å². The van der Waals surface area contributed by atoms with Crippen molar-refractivity contribution < 1.29 is 13.9 Å². The van der Waals surface area contributed by atoms with E-state index in [0.29, 0.717) is 19.7 Å². The first-order valence-electron chi connectivity index (χ1n) is 8.49. The number of aromatic nitrogens is 3. The van der Waals surface area contributed by atoms with Crippen molar-refractivity contribution in [2.45, 2.75) is 19.4 Å². The maximum absolute atomic E-state index is 12.2. The molecule has 4 heterocycles. The average Bonchev–Trinajstić information content (AvgIpc) is 3.37. The van der Waals surface area contributed by atoms with Gasteiger partial charge >= 0.3 is 0 Å². The Hall–Kier alpha value is -2.67. The molecule has 3 aromatic rings. The molecule has 1 unspecified atom stereocenters. The predicted molar refractivity (Wildman–Crippen MR) is 92.0 cm³/mol. The van der Waals surface area contributed by atoms with E-state index in [1.54, 1.807) is 18.7 Å². The third-order valence-corrected chi connectivity index (χ3v) is 4.54. The van der Waals surface area contributed by atoms with E-state index < -0.39 is 0 Å². The number of furan rings is 1. The van der Waals surface area contributed by atoms with E-state index in [1.807, 2.05) is 30.0 Å². The maximum atomic E-state index is 12.2. The number of amides is 1. The molecule has 0 aromatic carbocycles. The molecule has 1 atom stereocenters. The Morgan fingerprint density at radius 3 is 3.16 bits per heavy atom. The minimum atomic E-state index is 0.0339. The Bertz CT molecular complexity index is 872. The zero-order valence-electron chi connectivity index (χ0n) is 14.1. The molecule has 0 saturated carbocycles. The van der Waals surface area contributed by atoms with Crippen molar-refractivity contribution in [3.63, 3.8) is 0 Å². The smallest absolute Gasteiger partial charge is 0.248 e. The van der Waals surface area contributed by atoms with Crippen LogP contribution in [0.4, 0.5) is 0 Å². The highest BCUT2D eigenvalue weighted by molar-refractivity contribution is 5.79. The monoisotopic (exact) mass is 340 g/mol. The van der Waals surface area contributed by atoms with Gasteiger partial charge in [0.2, 0.25) is 5.91 Å². The Balaban J connectivity index is 1.67. The molecule has 1 fully saturated rings. The number of imidazole rings is 1. The van der Waals surface area contributed by atoms with E-state index in [-0.39, 0.29) is 18.6 Å². The molecule has 1 amide bonds. The van der Waals surface area contributed by atoms with Gasteiger partial charge in [-0.2, -0.15) is 0 Å². The highest BCUT2D eigenvalue weighted by atomic mass is 16.5. The molecular weight excluding hydrogens is 320 g/mol. The number of rotatable bonds is 5. The number of pyridine rings is 1. The van der Waals surface area contributed by atoms with Crippen molar-refractivity contribution in [3.8, 4) is 11.4 Å². The zero-order valence-corrected chi connectivity index (χ0v) is 14.1. The Kier molecular flexibility index (Phi) is 4.23. The Morgan fingerprint density at radius 2 is 2.36 bits per heavy atom. The lowest BCUT2D eigenvalue weighted by Crippen LogP contribution is -2.32. The number of likely N-dealkylation sites (tertiary alicyclic amines) is 1. The summed E-state index contributed by atoms with van der Waals surface area (Å²) in [6, 6.07) is 5.86. The zero-order chi connectivity index (χ0) is 17.2. The van der Waals surface area contributed by atoms with E-state index in [9.17, 15) is 4.79 Å². The van der Waals surface area contributed by atoms with Gasteiger partial charge in [0.25, 0.3) is 0 Å². The van der Waals surface area contributed by atoms with Gasteiger partial charge in [-0.25, -0.2) is 9.97 Å². The van der Waals surface area contributed by atoms with Crippen LogP contribution in [0.3, 0.4) is 0 Å². The van der Waals surface area contributed by atoms with Crippen molar-refractivity contribution in [2.24, 2.45) is 0 Å². The van der Waals surface area contributed by atoms with Crippen molar-refractivity contribution in [1.82, 2.24) is 19.4 Å². The lowest BCUT2D eigenvalue weighted by Gasteiger charge is -2.18. The molecule has 1 saturated heterocycles. The lowest BCUT2D eigenvalue weighted by molar-refractivity contribution is -0.135. The van der Waals surface area contributed by atoms with Crippen LogP contribution in [0, 0.1) is 0 Å². The van der Waals surface area contributed by atoms with Gasteiger partial charge in [0.05, 0.1) is 17.9 Å². The van der Waals surface area contributed by atoms with Crippen LogP contribution in [-0.4, -0.2) is 51.6 Å². The van der Waals surface area contributed by atoms with E-state index in [0.717, 1.165) is 29.0 Å². The van der Waals surface area contributed by atoms with E-state index in [1.165, 1.54) is 0 Å². The second kappa shape index (κ2) is 6.68. The minimum absolute atomic E-state index is 0.0339. The van der Waals surface area contributed by atoms with Crippen LogP contribution in [-0.2, 0) is 9.53 Å². The number of hydrogen-bond acceptors (Lipinski definition) is 5. The molecular formula is C18H20N4O3. The fourth-order valence-electron chi connectivity index (χ4n) is 3.33. The molecule has 4 rings (SSSR count). The van der Waals surface area contributed by atoms with Crippen molar-refractivity contribution in [2.75, 3.05) is 26.3 Å². The second-order valence-corrected chi connectivity index (χ2v) is 6.08. The standard InChI is InChI=1S/C18H20N4O3/c1-2-24-12-16(23)21-8-5-14(10-21)22-17(13-6-9-25-11-13)20-15-4-3-7-19-18(15)22/h3-4,6-7,9,11,14H,2,5,8,10,12H2,1H3. The van der Waals surface area contributed by atoms with Crippen LogP contribution < -0.4 is 0 Å². The van der Waals surface area contributed by atoms with E-state index in [2.05, 4.69) is 9.55 Å². The quantitative estimate of drug-likeness (QED) is 0.713. The van der Waals surface area contributed by atoms with Crippen LogP contribution >= 0.6 is 0 Å². The molecule has 0 N–H and O–H groups in total. The largest absolute Gasteiger partial charge is 0.472 e. The fraction of sp³-hybridized carbons (Fsp3) is 0.389. The predicted octanol–water partition coefficient (Wildman–Crippen LogP) is 2.50. The number of ether oxygens (including phenoxy) is 1. The topological polar surface area (TPSA) is 73.4 Å². The molecule has 0 aliphatic carbocycles. The van der Waals surface area contributed by atoms with Gasteiger partial charge in [0.1, 0.15) is 24.2 Å². The van der Waals surface area contributed by atoms with Gasteiger partial charge < -0.3 is 18.6 Å². The van der Waals surface area contributed by atoms with Gasteiger partial charge in [-0.3, -0.25) is 4.79 Å². The van der Waals surface area contributed by atoms with E-state index in [4.69, 9.17) is 14.1 Å². The summed E-state index contributed by atoms with van der Waals surface area (Å²) in [5.74, 6) is 0.859. The van der Waals surface area contributed by atoms with Crippen molar-refractivity contribution >= 4 is 17.1 Å². The van der Waals surface area contributed by atoms with Crippen LogP contribution in [0.5, 0.6) is 0 Å². The highest BCUT2D eigenvalue weighted by Gasteiger charge is 2.30. The summed E-state index contributed by atoms with van der Waals surface area (Å²) < 4.78 is 12.6. The average molecular weight is 340 g/mol. The van der Waals surface area contributed by atoms with Gasteiger partial charge in [-0.05, 0) is 31.5 Å². The number of fused-ring (bicyclic) bond motifs is 1. The summed E-state index contributed by atoms with van der Waals surface area (Å²) in [7, 11) is 0. The molecule has 7 heteroatoms. The first kappa shape index (κ1) is 15.8. The molecule has 1 aliphatic rings. The SMILES string of the molecule is CCOCC(=O)N1CCC(n2c(-c3ccoc3)nc3cccnc32)C1. The first-order valence-corrected chi connectivity index (χ1v) is 8.49. The normalized spacial score (nSPS) is 17.5. The van der Waals surface area contributed by atoms with Crippen LogP contribution in [0.25, 0.3) is 22.6 Å². The van der Waals surface area contributed by atoms with Gasteiger partial charge in [0.15, 0.2) is 5.65 Å². The highest BCUT2D eigenvalue weighted by Crippen LogP contribution is 2.32. The lowest BCUT2D eigenvalue weighted by atomic mass is 10.2. The third kappa shape index (κ3) is 2.91. The fourth-order valence-corrected chi connectivity index (χ4v) is 3.33. The molecule has 0 bridgehead atoms. The minimum Gasteiger partial charge on any atom is -0.472 e. The van der Waals surface area contributed by atoms with Gasteiger partial charge in [0, 0.05) is 25.9 Å². The second-order valence-electron chi connectivity index (χ2n) is 6.08. The summed E-state index contributed by atoms with van der Waals surface area (Å²) in [5.41, 5.74) is 2.60. The first-order chi connectivity index (χ1) is 12.3. The number of carbonyl (C=O) groups is 1. The number of hydrogen-bond donors (Lipinski definition) is 0. The molecule has 3 aromatic heterocycles. The molecule has 0 radical (unpaired) electrons. The summed E-state index contributed by atoms with van der Waals surface area (Å²) in [6.07, 6.45) is 5.96. The number of carbonyl (C=O) groups excluding carboxylic acids is 1. The molecule has 7 nitrogen and oxygen atoms in total. The van der Waals surface area contributed by atoms with Crippen LogP contribution in [0.2, 0.25) is 0 Å². The molecule has 25 heavy (non-hydrogen) atoms. The molecule has 0 spiro atoms. The maximum Gasteiger partial charge on any atom is 0.248 e. The Morgan fingerprint density at radius 1 is 1.44 bits per heavy atom. The Labute approximate surface area is 145 Å². The third-order valence-electron chi connectivity index (χ3n) is 4.54. The van der Waals surface area contributed by atoms with Crippen molar-refractivity contribution in [3.05, 3.63) is 36.9 Å².